The van der Waals surface area contributed by atoms with E-state index in [9.17, 15) is 14.4 Å². The van der Waals surface area contributed by atoms with Crippen molar-refractivity contribution in [3.63, 3.8) is 0 Å². The summed E-state index contributed by atoms with van der Waals surface area (Å²) in [6.45, 7) is 8.31. The zero-order chi connectivity index (χ0) is 27.9. The van der Waals surface area contributed by atoms with Crippen LogP contribution in [0.15, 0.2) is 12.1 Å². The lowest BCUT2D eigenvalue weighted by Crippen LogP contribution is -2.53. The number of halogens is 2. The quantitative estimate of drug-likeness (QED) is 0.512. The molecule has 218 valence electrons. The maximum Gasteiger partial charge on any atom is 0.255 e. The highest BCUT2D eigenvalue weighted by Gasteiger charge is 2.41. The molecule has 0 aliphatic carbocycles. The summed E-state index contributed by atoms with van der Waals surface area (Å²) in [5.74, 6) is -1.09. The number of fused-ring (bicyclic) bond motifs is 1. The number of likely N-dealkylation sites (tertiary alicyclic amines) is 1. The highest BCUT2D eigenvalue weighted by Crippen LogP contribution is 2.36. The van der Waals surface area contributed by atoms with E-state index in [2.05, 4.69) is 25.3 Å². The van der Waals surface area contributed by atoms with Crippen LogP contribution in [0.3, 0.4) is 0 Å². The third-order valence-corrected chi connectivity index (χ3v) is 9.57. The summed E-state index contributed by atoms with van der Waals surface area (Å²) in [6.07, 6.45) is 3.48. The molecule has 0 aromatic heterocycles. The lowest BCUT2D eigenvalue weighted by Gasteiger charge is -2.42. The second-order valence-electron chi connectivity index (χ2n) is 12.2. The maximum absolute atomic E-state index is 15.7. The molecule has 11 heteroatoms. The Bertz CT molecular complexity index is 1140. The van der Waals surface area contributed by atoms with E-state index in [0.29, 0.717) is 42.1 Å². The first-order chi connectivity index (χ1) is 19.3. The molecule has 1 unspecified atom stereocenters. The van der Waals surface area contributed by atoms with Crippen LogP contribution in [0.1, 0.15) is 54.4 Å². The van der Waals surface area contributed by atoms with Crippen LogP contribution in [0.4, 0.5) is 14.5 Å². The van der Waals surface area contributed by atoms with Crippen LogP contribution in [0, 0.1) is 11.7 Å². The maximum atomic E-state index is 15.7. The molecule has 6 rings (SSSR count). The van der Waals surface area contributed by atoms with Gasteiger partial charge >= 0.3 is 0 Å². The van der Waals surface area contributed by atoms with E-state index in [1.807, 2.05) is 0 Å². The predicted octanol–water partition coefficient (Wildman–Crippen LogP) is 1.51. The number of hydrogen-bond donors (Lipinski definition) is 2. The number of benzene rings is 1. The molecule has 0 bridgehead atoms. The Kier molecular flexibility index (Phi) is 7.80. The van der Waals surface area contributed by atoms with Crippen molar-refractivity contribution >= 4 is 23.4 Å². The Labute approximate surface area is 234 Å². The fourth-order valence-electron chi connectivity index (χ4n) is 7.12. The van der Waals surface area contributed by atoms with Crippen LogP contribution in [0.5, 0.6) is 0 Å². The Morgan fingerprint density at radius 2 is 1.65 bits per heavy atom. The molecule has 0 saturated carbocycles. The first-order valence-electron chi connectivity index (χ1n) is 14.8. The van der Waals surface area contributed by atoms with Gasteiger partial charge in [-0.25, -0.2) is 8.78 Å². The minimum Gasteiger partial charge on any atom is -0.369 e. The SMILES string of the molecule is O=C1CCC(N2Cc3c(ccc(N4CCC(CN5CCC(F)(CN6CCNCC6)CC5)CC4)c3F)C2=O)C(=O)N1. The van der Waals surface area contributed by atoms with Gasteiger partial charge in [0.2, 0.25) is 11.8 Å². The van der Waals surface area contributed by atoms with E-state index in [0.717, 1.165) is 71.7 Å². The molecule has 1 atom stereocenters. The largest absolute Gasteiger partial charge is 0.369 e. The van der Waals surface area contributed by atoms with Crippen LogP contribution < -0.4 is 15.5 Å². The van der Waals surface area contributed by atoms with Gasteiger partial charge in [0.25, 0.3) is 5.91 Å². The third kappa shape index (κ3) is 5.60. The fraction of sp³-hybridized carbons (Fsp3) is 0.690. The summed E-state index contributed by atoms with van der Waals surface area (Å²) in [5.41, 5.74) is 0.0468. The summed E-state index contributed by atoms with van der Waals surface area (Å²) in [6, 6.07) is 2.60. The van der Waals surface area contributed by atoms with E-state index in [1.165, 1.54) is 4.90 Å². The molecule has 3 amide bonds. The number of hydrogen-bond acceptors (Lipinski definition) is 7. The molecular weight excluding hydrogens is 518 g/mol. The zero-order valence-corrected chi connectivity index (χ0v) is 23.1. The number of carbonyl (C=O) groups is 3. The average Bonchev–Trinajstić information content (AvgIpc) is 3.28. The average molecular weight is 559 g/mol. The van der Waals surface area contributed by atoms with Crippen LogP contribution in [-0.4, -0.2) is 110 Å². The number of nitrogens with zero attached hydrogens (tertiary/aromatic N) is 4. The molecule has 2 N–H and O–H groups in total. The Hall–Kier alpha value is -2.63. The topological polar surface area (TPSA) is 88.2 Å². The predicted molar refractivity (Wildman–Crippen MR) is 146 cm³/mol. The molecule has 9 nitrogen and oxygen atoms in total. The number of carbonyl (C=O) groups excluding carboxylic acids is 3. The second kappa shape index (κ2) is 11.3. The van der Waals surface area contributed by atoms with Gasteiger partial charge in [-0.05, 0) is 50.2 Å². The van der Waals surface area contributed by atoms with Crippen LogP contribution in [0.2, 0.25) is 0 Å². The fourth-order valence-corrected chi connectivity index (χ4v) is 7.12. The molecular formula is C29H40F2N6O3. The van der Waals surface area contributed by atoms with E-state index in [4.69, 9.17) is 0 Å². The summed E-state index contributed by atoms with van der Waals surface area (Å²) >= 11 is 0. The van der Waals surface area contributed by atoms with Gasteiger partial charge < -0.3 is 20.0 Å². The van der Waals surface area contributed by atoms with Crippen LogP contribution in [-0.2, 0) is 16.1 Å². The van der Waals surface area contributed by atoms with Crippen molar-refractivity contribution in [3.05, 3.63) is 29.1 Å². The van der Waals surface area contributed by atoms with Crippen molar-refractivity contribution in [2.24, 2.45) is 5.92 Å². The number of nitrogens with one attached hydrogen (secondary N) is 2. The number of piperidine rings is 3. The minimum atomic E-state index is -1.09. The monoisotopic (exact) mass is 558 g/mol. The van der Waals surface area contributed by atoms with E-state index in [-0.39, 0.29) is 37.0 Å². The molecule has 0 radical (unpaired) electrons. The first-order valence-corrected chi connectivity index (χ1v) is 14.8. The van der Waals surface area contributed by atoms with Crippen molar-refractivity contribution < 1.29 is 23.2 Å². The number of imide groups is 1. The van der Waals surface area contributed by atoms with Crippen molar-refractivity contribution in [1.82, 2.24) is 25.3 Å². The van der Waals surface area contributed by atoms with Gasteiger partial charge in [0.15, 0.2) is 5.82 Å². The Morgan fingerprint density at radius 1 is 0.925 bits per heavy atom. The molecule has 5 aliphatic heterocycles. The number of amides is 3. The van der Waals surface area contributed by atoms with E-state index in [1.54, 1.807) is 12.1 Å². The number of alkyl halides is 1. The smallest absolute Gasteiger partial charge is 0.255 e. The van der Waals surface area contributed by atoms with Gasteiger partial charge in [0.05, 0.1) is 12.2 Å². The van der Waals surface area contributed by atoms with E-state index < -0.39 is 17.6 Å². The van der Waals surface area contributed by atoms with Crippen molar-refractivity contribution in [2.75, 3.05) is 70.3 Å². The normalized spacial score (nSPS) is 26.8. The Morgan fingerprint density at radius 3 is 2.35 bits per heavy atom. The summed E-state index contributed by atoms with van der Waals surface area (Å²) in [7, 11) is 0. The third-order valence-electron chi connectivity index (χ3n) is 9.57. The molecule has 4 fully saturated rings. The van der Waals surface area contributed by atoms with Crippen LogP contribution >= 0.6 is 0 Å². The number of piperazine rings is 1. The molecule has 4 saturated heterocycles. The van der Waals surface area contributed by atoms with Gasteiger partial charge in [0, 0.05) is 83.0 Å². The van der Waals surface area contributed by atoms with Gasteiger partial charge in [-0.15, -0.1) is 0 Å². The second-order valence-corrected chi connectivity index (χ2v) is 12.2. The number of anilines is 1. The van der Waals surface area contributed by atoms with Gasteiger partial charge in [-0.2, -0.15) is 0 Å². The molecule has 5 aliphatic rings. The van der Waals surface area contributed by atoms with Crippen molar-refractivity contribution in [2.45, 2.75) is 56.8 Å². The van der Waals surface area contributed by atoms with Crippen molar-refractivity contribution in [3.8, 4) is 0 Å². The zero-order valence-electron chi connectivity index (χ0n) is 23.1. The molecule has 5 heterocycles. The van der Waals surface area contributed by atoms with Gasteiger partial charge in [-0.1, -0.05) is 0 Å². The standard InChI is InChI=1S/C29H40F2N6O3/c30-26-22-18-37(24-3-4-25(38)33-27(24)39)28(40)21(22)1-2-23(26)36-11-5-20(6-12-36)17-34-13-7-29(31,8-14-34)19-35-15-9-32-10-16-35/h1-2,20,24,32H,3-19H2,(H,33,38,39). The van der Waals surface area contributed by atoms with Crippen molar-refractivity contribution in [1.29, 1.82) is 0 Å². The van der Waals surface area contributed by atoms with Crippen LogP contribution in [0.25, 0.3) is 0 Å². The molecule has 40 heavy (non-hydrogen) atoms. The first kappa shape index (κ1) is 27.5. The van der Waals surface area contributed by atoms with Gasteiger partial charge in [0.1, 0.15) is 11.7 Å². The lowest BCUT2D eigenvalue weighted by atomic mass is 9.90. The highest BCUT2D eigenvalue weighted by molar-refractivity contribution is 6.05. The summed E-state index contributed by atoms with van der Waals surface area (Å²) in [4.78, 5) is 44.9. The molecule has 1 aromatic carbocycles. The minimum absolute atomic E-state index is 0.0379. The Balaban J connectivity index is 1.01. The lowest BCUT2D eigenvalue weighted by molar-refractivity contribution is -0.136. The number of rotatable bonds is 6. The summed E-state index contributed by atoms with van der Waals surface area (Å²) < 4.78 is 31.2. The highest BCUT2D eigenvalue weighted by atomic mass is 19.1. The summed E-state index contributed by atoms with van der Waals surface area (Å²) in [5, 5.41) is 5.61. The van der Waals surface area contributed by atoms with Gasteiger partial charge in [-0.3, -0.25) is 24.6 Å². The van der Waals surface area contributed by atoms with E-state index >= 15 is 8.78 Å². The molecule has 0 spiro atoms. The molecule has 1 aromatic rings.